The number of para-hydroxylation sites is 1. The van der Waals surface area contributed by atoms with Gasteiger partial charge in [-0.25, -0.2) is 8.42 Å². The second-order valence-corrected chi connectivity index (χ2v) is 11.4. The molecule has 0 heterocycles. The molecule has 0 aliphatic heterocycles. The van der Waals surface area contributed by atoms with Crippen molar-refractivity contribution in [2.45, 2.75) is 39.4 Å². The van der Waals surface area contributed by atoms with Gasteiger partial charge < -0.3 is 15.0 Å². The summed E-state index contributed by atoms with van der Waals surface area (Å²) in [5.74, 6) is 0.249. The van der Waals surface area contributed by atoms with Crippen LogP contribution in [0.4, 0.5) is 5.69 Å². The molecule has 0 fully saturated rings. The lowest BCUT2D eigenvalue weighted by Gasteiger charge is -2.32. The number of anilines is 1. The summed E-state index contributed by atoms with van der Waals surface area (Å²) in [4.78, 5) is 27.8. The van der Waals surface area contributed by atoms with Gasteiger partial charge in [0.25, 0.3) is 0 Å². The minimum Gasteiger partial charge on any atom is -0.457 e. The van der Waals surface area contributed by atoms with Crippen molar-refractivity contribution in [2.75, 3.05) is 17.1 Å². The smallest absolute Gasteiger partial charge is 0.244 e. The molecule has 0 saturated heterocycles. The third kappa shape index (κ3) is 7.97. The number of rotatable bonds is 11. The number of hydrogen-bond donors (Lipinski definition) is 1. The normalized spacial score (nSPS) is 12.1. The molecule has 3 aromatic carbocycles. The van der Waals surface area contributed by atoms with Crippen LogP contribution >= 0.6 is 11.6 Å². The summed E-state index contributed by atoms with van der Waals surface area (Å²) >= 11 is 6.33. The number of amides is 2. The van der Waals surface area contributed by atoms with Crippen molar-refractivity contribution < 1.29 is 22.7 Å². The maximum Gasteiger partial charge on any atom is 0.244 e. The maximum absolute atomic E-state index is 13.6. The van der Waals surface area contributed by atoms with E-state index in [-0.39, 0.29) is 18.5 Å². The van der Waals surface area contributed by atoms with E-state index in [1.807, 2.05) is 32.0 Å². The molecule has 0 radical (unpaired) electrons. The third-order valence-corrected chi connectivity index (χ3v) is 7.19. The van der Waals surface area contributed by atoms with Crippen molar-refractivity contribution in [1.82, 2.24) is 10.2 Å². The van der Waals surface area contributed by atoms with Crippen LogP contribution in [0.15, 0.2) is 78.9 Å². The molecule has 10 heteroatoms. The number of benzene rings is 3. The fourth-order valence-corrected chi connectivity index (χ4v) is 4.76. The highest BCUT2D eigenvalue weighted by atomic mass is 35.5. The van der Waals surface area contributed by atoms with Crippen LogP contribution in [0, 0.1) is 0 Å². The van der Waals surface area contributed by atoms with Gasteiger partial charge in [0.1, 0.15) is 24.1 Å². The van der Waals surface area contributed by atoms with Crippen molar-refractivity contribution >= 4 is 39.1 Å². The van der Waals surface area contributed by atoms with Gasteiger partial charge in [0.2, 0.25) is 21.8 Å². The Morgan fingerprint density at radius 1 is 0.895 bits per heavy atom. The highest BCUT2D eigenvalue weighted by Crippen LogP contribution is 2.26. The predicted octanol–water partition coefficient (Wildman–Crippen LogP) is 4.84. The molecule has 38 heavy (non-hydrogen) atoms. The second-order valence-electron chi connectivity index (χ2n) is 9.13. The molecule has 0 saturated carbocycles. The Morgan fingerprint density at radius 3 is 2.05 bits per heavy atom. The molecular formula is C28H32ClN3O5S. The van der Waals surface area contributed by atoms with Crippen molar-refractivity contribution in [3.8, 4) is 11.5 Å². The fraction of sp³-hybridized carbons (Fsp3) is 0.286. The zero-order chi connectivity index (χ0) is 27.9. The van der Waals surface area contributed by atoms with Gasteiger partial charge in [-0.2, -0.15) is 0 Å². The van der Waals surface area contributed by atoms with E-state index in [0.717, 1.165) is 10.6 Å². The largest absolute Gasteiger partial charge is 0.457 e. The van der Waals surface area contributed by atoms with Gasteiger partial charge in [-0.05, 0) is 68.8 Å². The van der Waals surface area contributed by atoms with Gasteiger partial charge in [-0.15, -0.1) is 0 Å². The van der Waals surface area contributed by atoms with Crippen LogP contribution in [-0.4, -0.2) is 50.0 Å². The lowest BCUT2D eigenvalue weighted by Crippen LogP contribution is -2.52. The number of carbonyl (C=O) groups is 2. The Bertz CT molecular complexity index is 1350. The summed E-state index contributed by atoms with van der Waals surface area (Å²) in [6.07, 6.45) is 1.03. The van der Waals surface area contributed by atoms with Crippen molar-refractivity contribution in [1.29, 1.82) is 0 Å². The van der Waals surface area contributed by atoms with E-state index in [2.05, 4.69) is 5.32 Å². The van der Waals surface area contributed by atoms with Crippen molar-refractivity contribution in [3.05, 3.63) is 89.4 Å². The number of nitrogens with one attached hydrogen (secondary N) is 1. The molecule has 0 aliphatic rings. The maximum atomic E-state index is 13.6. The van der Waals surface area contributed by atoms with Crippen LogP contribution in [0.2, 0.25) is 5.02 Å². The number of ether oxygens (including phenoxy) is 1. The molecule has 1 N–H and O–H groups in total. The Labute approximate surface area is 229 Å². The van der Waals surface area contributed by atoms with Crippen LogP contribution in [0.5, 0.6) is 11.5 Å². The number of nitrogens with zero attached hydrogens (tertiary/aromatic N) is 2. The van der Waals surface area contributed by atoms with E-state index < -0.39 is 28.5 Å². The molecule has 3 rings (SSSR count). The van der Waals surface area contributed by atoms with E-state index in [9.17, 15) is 18.0 Å². The van der Waals surface area contributed by atoms with Crippen LogP contribution < -0.4 is 14.4 Å². The molecule has 0 aliphatic carbocycles. The van der Waals surface area contributed by atoms with Gasteiger partial charge in [-0.3, -0.25) is 13.9 Å². The first-order valence-corrected chi connectivity index (χ1v) is 14.3. The van der Waals surface area contributed by atoms with Gasteiger partial charge >= 0.3 is 0 Å². The molecule has 2 amide bonds. The SMILES string of the molecule is CC(C)NC(=O)[C@@H](C)N(Cc1ccccc1Cl)C(=O)CN(c1ccc(Oc2ccccc2)cc1)S(C)(=O)=O. The Kier molecular flexibility index (Phi) is 9.77. The van der Waals surface area contributed by atoms with Crippen LogP contribution in [-0.2, 0) is 26.2 Å². The first-order chi connectivity index (χ1) is 18.0. The summed E-state index contributed by atoms with van der Waals surface area (Å²) in [6, 6.07) is 21.6. The molecule has 0 bridgehead atoms. The first-order valence-electron chi connectivity index (χ1n) is 12.1. The van der Waals surface area contributed by atoms with E-state index in [0.29, 0.717) is 27.8 Å². The van der Waals surface area contributed by atoms with Crippen molar-refractivity contribution in [3.63, 3.8) is 0 Å². The molecule has 3 aromatic rings. The van der Waals surface area contributed by atoms with Gasteiger partial charge in [0, 0.05) is 17.6 Å². The summed E-state index contributed by atoms with van der Waals surface area (Å²) in [6.45, 7) is 4.78. The van der Waals surface area contributed by atoms with Crippen LogP contribution in [0.1, 0.15) is 26.3 Å². The summed E-state index contributed by atoms with van der Waals surface area (Å²) in [7, 11) is -3.85. The molecule has 1 atom stereocenters. The Balaban J connectivity index is 1.87. The highest BCUT2D eigenvalue weighted by molar-refractivity contribution is 7.92. The zero-order valence-corrected chi connectivity index (χ0v) is 23.4. The minimum atomic E-state index is -3.85. The molecule has 202 valence electrons. The highest BCUT2D eigenvalue weighted by Gasteiger charge is 2.30. The van der Waals surface area contributed by atoms with Crippen LogP contribution in [0.25, 0.3) is 0 Å². The van der Waals surface area contributed by atoms with E-state index in [1.54, 1.807) is 67.6 Å². The standard InChI is InChI=1S/C28H32ClN3O5S/c1-20(2)30-28(34)21(3)31(18-22-10-8-9-13-26(22)29)27(33)19-32(38(4,35)36)23-14-16-25(17-15-23)37-24-11-6-5-7-12-24/h5-17,20-21H,18-19H2,1-4H3,(H,30,34)/t21-/m1/s1. The average Bonchev–Trinajstić information content (AvgIpc) is 2.86. The number of halogens is 1. The molecule has 0 unspecified atom stereocenters. The first kappa shape index (κ1) is 29.0. The van der Waals surface area contributed by atoms with Gasteiger partial charge in [-0.1, -0.05) is 48.0 Å². The molecule has 8 nitrogen and oxygen atoms in total. The second kappa shape index (κ2) is 12.8. The van der Waals surface area contributed by atoms with E-state index in [4.69, 9.17) is 16.3 Å². The Morgan fingerprint density at radius 2 is 1.47 bits per heavy atom. The Hall–Kier alpha value is -3.56. The molecular weight excluding hydrogens is 526 g/mol. The monoisotopic (exact) mass is 557 g/mol. The topological polar surface area (TPSA) is 96.0 Å². The van der Waals surface area contributed by atoms with E-state index in [1.165, 1.54) is 4.90 Å². The molecule has 0 aromatic heterocycles. The quantitative estimate of drug-likeness (QED) is 0.364. The third-order valence-electron chi connectivity index (χ3n) is 5.68. The number of sulfonamides is 1. The van der Waals surface area contributed by atoms with Gasteiger partial charge in [0.15, 0.2) is 0 Å². The summed E-state index contributed by atoms with van der Waals surface area (Å²) in [5.41, 5.74) is 0.929. The molecule has 0 spiro atoms. The lowest BCUT2D eigenvalue weighted by atomic mass is 10.1. The van der Waals surface area contributed by atoms with Crippen molar-refractivity contribution in [2.24, 2.45) is 0 Å². The van der Waals surface area contributed by atoms with E-state index >= 15 is 0 Å². The zero-order valence-electron chi connectivity index (χ0n) is 21.8. The average molecular weight is 558 g/mol. The number of carbonyl (C=O) groups excluding carboxylic acids is 2. The van der Waals surface area contributed by atoms with Crippen LogP contribution in [0.3, 0.4) is 0 Å². The number of hydrogen-bond acceptors (Lipinski definition) is 5. The summed E-state index contributed by atoms with van der Waals surface area (Å²) < 4.78 is 32.3. The predicted molar refractivity (Wildman–Crippen MR) is 150 cm³/mol. The van der Waals surface area contributed by atoms with Gasteiger partial charge in [0.05, 0.1) is 11.9 Å². The lowest BCUT2D eigenvalue weighted by molar-refractivity contribution is -0.139. The summed E-state index contributed by atoms with van der Waals surface area (Å²) in [5, 5.41) is 3.25. The fourth-order valence-electron chi connectivity index (χ4n) is 3.72. The minimum absolute atomic E-state index is 0.0344.